The van der Waals surface area contributed by atoms with Crippen molar-refractivity contribution in [2.75, 3.05) is 5.32 Å². The maximum atomic E-state index is 12.8. The third-order valence-corrected chi connectivity index (χ3v) is 6.33. The van der Waals surface area contributed by atoms with Gasteiger partial charge in [-0.25, -0.2) is 4.98 Å². The summed E-state index contributed by atoms with van der Waals surface area (Å²) in [7, 11) is 0. The van der Waals surface area contributed by atoms with Crippen LogP contribution in [0.15, 0.2) is 36.4 Å². The molecule has 0 saturated heterocycles. The Labute approximate surface area is 159 Å². The highest BCUT2D eigenvalue weighted by Crippen LogP contribution is 2.48. The van der Waals surface area contributed by atoms with Crippen LogP contribution in [0.5, 0.6) is 0 Å². The van der Waals surface area contributed by atoms with Crippen LogP contribution in [0.25, 0.3) is 11.3 Å². The first-order chi connectivity index (χ1) is 12.4. The molecule has 4 atom stereocenters. The lowest BCUT2D eigenvalue weighted by Gasteiger charge is -2.23. The lowest BCUT2D eigenvalue weighted by atomic mass is 9.82. The minimum absolute atomic E-state index is 0.00195. The van der Waals surface area contributed by atoms with Crippen molar-refractivity contribution in [3.05, 3.63) is 46.3 Å². The monoisotopic (exact) mass is 388 g/mol. The molecule has 1 saturated carbocycles. The van der Waals surface area contributed by atoms with E-state index in [2.05, 4.69) is 10.3 Å². The highest BCUT2D eigenvalue weighted by molar-refractivity contribution is 7.16. The molecule has 0 aliphatic heterocycles. The van der Waals surface area contributed by atoms with E-state index in [0.29, 0.717) is 10.2 Å². The number of nitrogens with zero attached hydrogens (tertiary/aromatic N) is 1. The van der Waals surface area contributed by atoms with E-state index in [0.717, 1.165) is 22.6 Å². The van der Waals surface area contributed by atoms with Crippen molar-refractivity contribution in [2.24, 2.45) is 23.7 Å². The molecule has 5 nitrogen and oxygen atoms in total. The number of hydrogen-bond donors (Lipinski definition) is 2. The number of aryl methyl sites for hydroxylation is 1. The van der Waals surface area contributed by atoms with Crippen LogP contribution < -0.4 is 5.32 Å². The molecule has 2 aliphatic carbocycles. The molecule has 0 radical (unpaired) electrons. The quantitative estimate of drug-likeness (QED) is 0.768. The highest BCUT2D eigenvalue weighted by Gasteiger charge is 2.51. The molecule has 7 heteroatoms. The molecule has 26 heavy (non-hydrogen) atoms. The van der Waals surface area contributed by atoms with E-state index in [4.69, 9.17) is 11.6 Å². The maximum Gasteiger partial charge on any atom is 0.307 e. The molecule has 1 fully saturated rings. The van der Waals surface area contributed by atoms with Crippen molar-refractivity contribution < 1.29 is 14.7 Å². The summed E-state index contributed by atoms with van der Waals surface area (Å²) >= 11 is 7.32. The summed E-state index contributed by atoms with van der Waals surface area (Å²) in [6, 6.07) is 7.37. The third kappa shape index (κ3) is 2.93. The average molecular weight is 389 g/mol. The molecule has 2 aromatic rings. The van der Waals surface area contributed by atoms with E-state index in [1.807, 2.05) is 31.2 Å². The Morgan fingerprint density at radius 2 is 1.85 bits per heavy atom. The standard InChI is InChI=1S/C19H17ClN2O3S/c1-9-16(10-4-6-13(20)7-5-10)21-19(26-9)22-17(23)14-11-2-3-12(8-11)15(14)18(24)25/h2-7,11-12,14-15H,8H2,1H3,(H,24,25)(H,21,22,23)/t11-,12-,14+,15-/m0/s1. The van der Waals surface area contributed by atoms with Gasteiger partial charge in [0.25, 0.3) is 0 Å². The molecule has 1 aromatic heterocycles. The number of allylic oxidation sites excluding steroid dienone is 2. The molecular formula is C19H17ClN2O3S. The van der Waals surface area contributed by atoms with Crippen LogP contribution >= 0.6 is 22.9 Å². The summed E-state index contributed by atoms with van der Waals surface area (Å²) < 4.78 is 0. The van der Waals surface area contributed by atoms with E-state index in [-0.39, 0.29) is 17.7 Å². The van der Waals surface area contributed by atoms with Crippen molar-refractivity contribution >= 4 is 39.9 Å². The van der Waals surface area contributed by atoms with Crippen LogP contribution in [0.3, 0.4) is 0 Å². The Bertz CT molecular complexity index is 906. The van der Waals surface area contributed by atoms with Crippen LogP contribution in [0.2, 0.25) is 5.02 Å². The van der Waals surface area contributed by atoms with E-state index in [1.165, 1.54) is 11.3 Å². The summed E-state index contributed by atoms with van der Waals surface area (Å²) in [4.78, 5) is 29.9. The molecule has 4 rings (SSSR count). The van der Waals surface area contributed by atoms with Crippen LogP contribution in [0, 0.1) is 30.6 Å². The molecule has 2 bridgehead atoms. The second-order valence-corrected chi connectivity index (χ2v) is 8.40. The molecule has 2 N–H and O–H groups in total. The minimum atomic E-state index is -0.904. The number of carbonyl (C=O) groups excluding carboxylic acids is 1. The Morgan fingerprint density at radius 3 is 2.50 bits per heavy atom. The van der Waals surface area contributed by atoms with Crippen LogP contribution in [0.4, 0.5) is 5.13 Å². The molecule has 1 heterocycles. The van der Waals surface area contributed by atoms with Crippen molar-refractivity contribution in [1.29, 1.82) is 0 Å². The third-order valence-electron chi connectivity index (χ3n) is 5.19. The van der Waals surface area contributed by atoms with Gasteiger partial charge in [-0.3, -0.25) is 9.59 Å². The normalized spacial score (nSPS) is 26.2. The fourth-order valence-electron chi connectivity index (χ4n) is 4.03. The Balaban J connectivity index is 1.55. The second-order valence-electron chi connectivity index (χ2n) is 6.76. The van der Waals surface area contributed by atoms with Crippen LogP contribution in [-0.4, -0.2) is 22.0 Å². The van der Waals surface area contributed by atoms with Gasteiger partial charge in [0.1, 0.15) is 0 Å². The van der Waals surface area contributed by atoms with E-state index in [1.54, 1.807) is 12.1 Å². The maximum absolute atomic E-state index is 12.8. The topological polar surface area (TPSA) is 79.3 Å². The van der Waals surface area contributed by atoms with Gasteiger partial charge < -0.3 is 10.4 Å². The number of aromatic nitrogens is 1. The van der Waals surface area contributed by atoms with Crippen molar-refractivity contribution in [1.82, 2.24) is 4.98 Å². The number of fused-ring (bicyclic) bond motifs is 2. The second kappa shape index (κ2) is 6.52. The van der Waals surface area contributed by atoms with Gasteiger partial charge in [-0.1, -0.05) is 35.9 Å². The lowest BCUT2D eigenvalue weighted by Crippen LogP contribution is -2.36. The largest absolute Gasteiger partial charge is 0.481 e. The average Bonchev–Trinajstić information content (AvgIpc) is 3.29. The number of anilines is 1. The minimum Gasteiger partial charge on any atom is -0.481 e. The van der Waals surface area contributed by atoms with E-state index < -0.39 is 17.8 Å². The first-order valence-corrected chi connectivity index (χ1v) is 9.59. The zero-order valence-electron chi connectivity index (χ0n) is 14.0. The number of rotatable bonds is 4. The highest BCUT2D eigenvalue weighted by atomic mass is 35.5. The predicted octanol–water partition coefficient (Wildman–Crippen LogP) is 4.23. The number of halogens is 1. The summed E-state index contributed by atoms with van der Waals surface area (Å²) in [5, 5.41) is 13.5. The van der Waals surface area contributed by atoms with Crippen molar-refractivity contribution in [3.8, 4) is 11.3 Å². The predicted molar refractivity (Wildman–Crippen MR) is 101 cm³/mol. The van der Waals surface area contributed by atoms with Gasteiger partial charge in [-0.15, -0.1) is 11.3 Å². The van der Waals surface area contributed by atoms with Gasteiger partial charge in [0, 0.05) is 15.5 Å². The van der Waals surface area contributed by atoms with Gasteiger partial charge in [0.05, 0.1) is 17.5 Å². The molecule has 2 aliphatic rings. The van der Waals surface area contributed by atoms with Gasteiger partial charge in [0.2, 0.25) is 5.91 Å². The number of carbonyl (C=O) groups is 2. The van der Waals surface area contributed by atoms with Gasteiger partial charge in [-0.2, -0.15) is 0 Å². The number of carboxylic acid groups (broad SMARTS) is 1. The number of hydrogen-bond acceptors (Lipinski definition) is 4. The molecule has 1 aromatic carbocycles. The smallest absolute Gasteiger partial charge is 0.307 e. The van der Waals surface area contributed by atoms with E-state index >= 15 is 0 Å². The zero-order valence-corrected chi connectivity index (χ0v) is 15.6. The Kier molecular flexibility index (Phi) is 4.32. The summed E-state index contributed by atoms with van der Waals surface area (Å²) in [6.07, 6.45) is 4.64. The number of amides is 1. The first kappa shape index (κ1) is 17.2. The Hall–Kier alpha value is -2.18. The van der Waals surface area contributed by atoms with Crippen LogP contribution in [-0.2, 0) is 9.59 Å². The van der Waals surface area contributed by atoms with Gasteiger partial charge >= 0.3 is 5.97 Å². The summed E-state index contributed by atoms with van der Waals surface area (Å²) in [6.45, 7) is 1.94. The number of aliphatic carboxylic acids is 1. The first-order valence-electron chi connectivity index (χ1n) is 8.39. The van der Waals surface area contributed by atoms with Gasteiger partial charge in [-0.05, 0) is 37.3 Å². The number of thiazole rings is 1. The summed E-state index contributed by atoms with van der Waals surface area (Å²) in [5.74, 6) is -2.40. The summed E-state index contributed by atoms with van der Waals surface area (Å²) in [5.41, 5.74) is 1.72. The Morgan fingerprint density at radius 1 is 1.19 bits per heavy atom. The van der Waals surface area contributed by atoms with Crippen LogP contribution in [0.1, 0.15) is 11.3 Å². The molecular weight excluding hydrogens is 372 g/mol. The lowest BCUT2D eigenvalue weighted by molar-refractivity contribution is -0.146. The molecule has 0 unspecified atom stereocenters. The SMILES string of the molecule is Cc1sc(NC(=O)[C@H]2[C@@H](C(=O)O)[C@H]3C=C[C@H]2C3)nc1-c1ccc(Cl)cc1. The van der Waals surface area contributed by atoms with Crippen molar-refractivity contribution in [2.45, 2.75) is 13.3 Å². The fourth-order valence-corrected chi connectivity index (χ4v) is 5.00. The number of nitrogens with one attached hydrogen (secondary N) is 1. The molecule has 0 spiro atoms. The zero-order chi connectivity index (χ0) is 18.4. The van der Waals surface area contributed by atoms with Crippen molar-refractivity contribution in [3.63, 3.8) is 0 Å². The molecule has 1 amide bonds. The number of carboxylic acids is 1. The number of benzene rings is 1. The fraction of sp³-hybridized carbons (Fsp3) is 0.316. The molecule has 134 valence electrons. The van der Waals surface area contributed by atoms with E-state index in [9.17, 15) is 14.7 Å². The van der Waals surface area contributed by atoms with Gasteiger partial charge in [0.15, 0.2) is 5.13 Å².